The largest absolute Gasteiger partial charge is 0.493 e. The standard InChI is InChI=1S/C17H26BrNO2/c1-14-16(18)5-4-6-17(14)21-12-3-2-9-19-10-7-15(13-20)8-11-19/h4-6,15,20H,2-3,7-13H2,1H3. The molecule has 118 valence electrons. The summed E-state index contributed by atoms with van der Waals surface area (Å²) in [5.41, 5.74) is 1.17. The number of hydrogen-bond donors (Lipinski definition) is 1. The van der Waals surface area contributed by atoms with Gasteiger partial charge in [-0.3, -0.25) is 0 Å². The van der Waals surface area contributed by atoms with Crippen molar-refractivity contribution < 1.29 is 9.84 Å². The Morgan fingerprint density at radius 3 is 2.76 bits per heavy atom. The van der Waals surface area contributed by atoms with Crippen LogP contribution >= 0.6 is 15.9 Å². The Labute approximate surface area is 136 Å². The Morgan fingerprint density at radius 2 is 2.05 bits per heavy atom. The number of aliphatic hydroxyl groups excluding tert-OH is 1. The first-order valence-corrected chi connectivity index (χ1v) is 8.71. The molecule has 0 radical (unpaired) electrons. The van der Waals surface area contributed by atoms with Gasteiger partial charge in [-0.05, 0) is 70.3 Å². The zero-order chi connectivity index (χ0) is 15.1. The second-order valence-corrected chi connectivity index (χ2v) is 6.74. The zero-order valence-electron chi connectivity index (χ0n) is 12.9. The highest BCUT2D eigenvalue weighted by atomic mass is 79.9. The van der Waals surface area contributed by atoms with E-state index in [4.69, 9.17) is 9.84 Å². The second-order valence-electron chi connectivity index (χ2n) is 5.89. The van der Waals surface area contributed by atoms with Crippen molar-refractivity contribution in [2.75, 3.05) is 32.8 Å². The number of likely N-dealkylation sites (tertiary alicyclic amines) is 1. The molecule has 0 unspecified atom stereocenters. The first kappa shape index (κ1) is 16.8. The van der Waals surface area contributed by atoms with Crippen molar-refractivity contribution in [3.63, 3.8) is 0 Å². The number of halogens is 1. The number of ether oxygens (including phenoxy) is 1. The van der Waals surface area contributed by atoms with Gasteiger partial charge in [0.1, 0.15) is 5.75 Å². The molecule has 1 N–H and O–H groups in total. The summed E-state index contributed by atoms with van der Waals surface area (Å²) < 4.78 is 6.96. The molecule has 1 heterocycles. The van der Waals surface area contributed by atoms with Crippen LogP contribution in [-0.4, -0.2) is 42.9 Å². The molecule has 3 nitrogen and oxygen atoms in total. The minimum absolute atomic E-state index is 0.355. The van der Waals surface area contributed by atoms with Crippen molar-refractivity contribution in [3.8, 4) is 5.75 Å². The van der Waals surface area contributed by atoms with Crippen molar-refractivity contribution in [1.82, 2.24) is 4.90 Å². The van der Waals surface area contributed by atoms with Gasteiger partial charge in [-0.2, -0.15) is 0 Å². The van der Waals surface area contributed by atoms with E-state index < -0.39 is 0 Å². The molecule has 0 spiro atoms. The number of aliphatic hydroxyl groups is 1. The first-order chi connectivity index (χ1) is 10.2. The molecular formula is C17H26BrNO2. The first-order valence-electron chi connectivity index (χ1n) is 7.92. The van der Waals surface area contributed by atoms with Gasteiger partial charge in [0.2, 0.25) is 0 Å². The van der Waals surface area contributed by atoms with Gasteiger partial charge in [-0.1, -0.05) is 22.0 Å². The van der Waals surface area contributed by atoms with E-state index >= 15 is 0 Å². The summed E-state index contributed by atoms with van der Waals surface area (Å²) in [6.07, 6.45) is 4.55. The average Bonchev–Trinajstić information content (AvgIpc) is 2.51. The molecule has 1 aromatic carbocycles. The summed E-state index contributed by atoms with van der Waals surface area (Å²) in [5, 5.41) is 9.14. The van der Waals surface area contributed by atoms with Crippen molar-refractivity contribution in [1.29, 1.82) is 0 Å². The molecule has 21 heavy (non-hydrogen) atoms. The number of benzene rings is 1. The lowest BCUT2D eigenvalue weighted by Crippen LogP contribution is -2.35. The van der Waals surface area contributed by atoms with Crippen LogP contribution in [-0.2, 0) is 0 Å². The van der Waals surface area contributed by atoms with Gasteiger partial charge >= 0.3 is 0 Å². The number of hydrogen-bond acceptors (Lipinski definition) is 3. The van der Waals surface area contributed by atoms with Crippen LogP contribution in [0, 0.1) is 12.8 Å². The molecule has 1 aliphatic heterocycles. The Hall–Kier alpha value is -0.580. The van der Waals surface area contributed by atoms with Crippen LogP contribution in [0.3, 0.4) is 0 Å². The summed E-state index contributed by atoms with van der Waals surface area (Å²) in [7, 11) is 0. The van der Waals surface area contributed by atoms with Gasteiger partial charge in [-0.25, -0.2) is 0 Å². The number of unbranched alkanes of at least 4 members (excludes halogenated alkanes) is 1. The topological polar surface area (TPSA) is 32.7 Å². The van der Waals surface area contributed by atoms with E-state index in [1.165, 1.54) is 12.0 Å². The third-order valence-corrected chi connectivity index (χ3v) is 5.17. The van der Waals surface area contributed by atoms with Crippen LogP contribution in [0.4, 0.5) is 0 Å². The summed E-state index contributed by atoms with van der Waals surface area (Å²) >= 11 is 3.53. The fraction of sp³-hybridized carbons (Fsp3) is 0.647. The van der Waals surface area contributed by atoms with Gasteiger partial charge in [0.05, 0.1) is 6.61 Å². The van der Waals surface area contributed by atoms with Crippen molar-refractivity contribution in [2.24, 2.45) is 5.92 Å². The summed E-state index contributed by atoms with van der Waals surface area (Å²) in [6, 6.07) is 6.08. The van der Waals surface area contributed by atoms with Gasteiger partial charge in [0.25, 0.3) is 0 Å². The predicted molar refractivity (Wildman–Crippen MR) is 89.9 cm³/mol. The van der Waals surface area contributed by atoms with E-state index in [0.29, 0.717) is 12.5 Å². The van der Waals surface area contributed by atoms with E-state index in [9.17, 15) is 0 Å². The Morgan fingerprint density at radius 1 is 1.29 bits per heavy atom. The molecule has 0 aliphatic carbocycles. The molecule has 0 atom stereocenters. The van der Waals surface area contributed by atoms with E-state index in [2.05, 4.69) is 27.8 Å². The smallest absolute Gasteiger partial charge is 0.123 e. The molecule has 2 rings (SSSR count). The summed E-state index contributed by atoms with van der Waals surface area (Å²) in [6.45, 7) is 6.63. The van der Waals surface area contributed by atoms with E-state index in [-0.39, 0.29) is 0 Å². The van der Waals surface area contributed by atoms with E-state index in [1.807, 2.05) is 18.2 Å². The quantitative estimate of drug-likeness (QED) is 0.758. The highest BCUT2D eigenvalue weighted by molar-refractivity contribution is 9.10. The van der Waals surface area contributed by atoms with Gasteiger partial charge in [0, 0.05) is 16.6 Å². The Bertz CT molecular complexity index is 431. The fourth-order valence-electron chi connectivity index (χ4n) is 2.76. The lowest BCUT2D eigenvalue weighted by molar-refractivity contribution is 0.129. The molecule has 4 heteroatoms. The van der Waals surface area contributed by atoms with Gasteiger partial charge < -0.3 is 14.7 Å². The molecule has 0 amide bonds. The minimum Gasteiger partial charge on any atom is -0.493 e. The van der Waals surface area contributed by atoms with Crippen molar-refractivity contribution in [2.45, 2.75) is 32.6 Å². The van der Waals surface area contributed by atoms with Crippen molar-refractivity contribution >= 4 is 15.9 Å². The van der Waals surface area contributed by atoms with Crippen LogP contribution < -0.4 is 4.74 Å². The minimum atomic E-state index is 0.355. The Balaban J connectivity index is 1.59. The molecule has 0 saturated carbocycles. The SMILES string of the molecule is Cc1c(Br)cccc1OCCCCN1CCC(CO)CC1. The van der Waals surface area contributed by atoms with Crippen LogP contribution in [0.15, 0.2) is 22.7 Å². The normalized spacial score (nSPS) is 17.1. The molecular weight excluding hydrogens is 330 g/mol. The van der Waals surface area contributed by atoms with E-state index in [1.54, 1.807) is 0 Å². The zero-order valence-corrected chi connectivity index (χ0v) is 14.4. The van der Waals surface area contributed by atoms with Crippen LogP contribution in [0.1, 0.15) is 31.2 Å². The predicted octanol–water partition coefficient (Wildman–Crippen LogP) is 3.62. The van der Waals surface area contributed by atoms with Crippen LogP contribution in [0.25, 0.3) is 0 Å². The number of piperidine rings is 1. The molecule has 0 aromatic heterocycles. The molecule has 0 bridgehead atoms. The van der Waals surface area contributed by atoms with Crippen molar-refractivity contribution in [3.05, 3.63) is 28.2 Å². The third kappa shape index (κ3) is 5.28. The van der Waals surface area contributed by atoms with Crippen LogP contribution in [0.5, 0.6) is 5.75 Å². The Kier molecular flexibility index (Phi) is 7.00. The number of rotatable bonds is 7. The third-order valence-electron chi connectivity index (χ3n) is 4.31. The van der Waals surface area contributed by atoms with Gasteiger partial charge in [0.15, 0.2) is 0 Å². The van der Waals surface area contributed by atoms with Crippen LogP contribution in [0.2, 0.25) is 0 Å². The maximum Gasteiger partial charge on any atom is 0.123 e. The summed E-state index contributed by atoms with van der Waals surface area (Å²) in [4.78, 5) is 2.51. The monoisotopic (exact) mass is 355 g/mol. The highest BCUT2D eigenvalue weighted by Crippen LogP contribution is 2.25. The maximum absolute atomic E-state index is 9.14. The molecule has 1 aromatic rings. The number of nitrogens with zero attached hydrogens (tertiary/aromatic N) is 1. The molecule has 1 aliphatic rings. The highest BCUT2D eigenvalue weighted by Gasteiger charge is 2.17. The lowest BCUT2D eigenvalue weighted by atomic mass is 9.98. The summed E-state index contributed by atoms with van der Waals surface area (Å²) in [5.74, 6) is 1.51. The lowest BCUT2D eigenvalue weighted by Gasteiger charge is -2.30. The second kappa shape index (κ2) is 8.76. The molecule has 1 saturated heterocycles. The maximum atomic E-state index is 9.14. The van der Waals surface area contributed by atoms with Gasteiger partial charge in [-0.15, -0.1) is 0 Å². The molecule has 1 fully saturated rings. The van der Waals surface area contributed by atoms with E-state index in [0.717, 1.165) is 55.7 Å². The average molecular weight is 356 g/mol. The fourth-order valence-corrected chi connectivity index (χ4v) is 3.10.